The van der Waals surface area contributed by atoms with Crippen LogP contribution in [0.5, 0.6) is 0 Å². The van der Waals surface area contributed by atoms with Gasteiger partial charge in [0.2, 0.25) is 0 Å². The summed E-state index contributed by atoms with van der Waals surface area (Å²) in [5.41, 5.74) is 1.46. The van der Waals surface area contributed by atoms with Crippen molar-refractivity contribution in [2.75, 3.05) is 23.6 Å². The van der Waals surface area contributed by atoms with Crippen molar-refractivity contribution in [2.45, 2.75) is 6.92 Å². The number of hydrogen-bond donors (Lipinski definition) is 1. The highest BCUT2D eigenvalue weighted by Gasteiger charge is 2.32. The van der Waals surface area contributed by atoms with E-state index in [4.69, 9.17) is 10.6 Å². The summed E-state index contributed by atoms with van der Waals surface area (Å²) >= 11 is 0. The number of rotatable bonds is 2. The zero-order valence-electron chi connectivity index (χ0n) is 10.8. The number of fused-ring (bicyclic) bond motifs is 1. The molecule has 0 amide bonds. The summed E-state index contributed by atoms with van der Waals surface area (Å²) in [6.45, 7) is 1.89. The summed E-state index contributed by atoms with van der Waals surface area (Å²) in [5, 5.41) is 10.5. The second-order valence-electron chi connectivity index (χ2n) is 3.95. The lowest BCUT2D eigenvalue weighted by Gasteiger charge is -2.18. The monoisotopic (exact) mass is 258 g/mol. The molecule has 1 aliphatic heterocycles. The fourth-order valence-electron chi connectivity index (χ4n) is 2.02. The zero-order valence-corrected chi connectivity index (χ0v) is 10.8. The lowest BCUT2D eigenvalue weighted by atomic mass is 10.3. The Morgan fingerprint density at radius 1 is 1.42 bits per heavy atom. The molecule has 2 rings (SSSR count). The number of para-hydroxylation sites is 2. The molecule has 6 nitrogen and oxygen atoms in total. The van der Waals surface area contributed by atoms with E-state index in [1.165, 1.54) is 5.01 Å². The quantitative estimate of drug-likeness (QED) is 0.370. The summed E-state index contributed by atoms with van der Waals surface area (Å²) in [7, 11) is 1.75. The third-order valence-electron chi connectivity index (χ3n) is 2.86. The molecule has 0 unspecified atom stereocenters. The van der Waals surface area contributed by atoms with Gasteiger partial charge in [0.25, 0.3) is 0 Å². The van der Waals surface area contributed by atoms with Crippen LogP contribution in [0.4, 0.5) is 11.4 Å². The number of esters is 1. The maximum Gasteiger partial charge on any atom is 0.352 e. The van der Waals surface area contributed by atoms with E-state index in [1.807, 2.05) is 30.3 Å². The van der Waals surface area contributed by atoms with Crippen molar-refractivity contribution in [3.8, 4) is 6.07 Å². The van der Waals surface area contributed by atoms with Gasteiger partial charge in [0.1, 0.15) is 6.07 Å². The molecule has 0 saturated heterocycles. The SMILES string of the molecule is CCOC(=O)C(C#N)=C1N(C)c2ccccc2N1N. The van der Waals surface area contributed by atoms with E-state index in [-0.39, 0.29) is 12.2 Å². The summed E-state index contributed by atoms with van der Waals surface area (Å²) in [4.78, 5) is 13.5. The number of benzene rings is 1. The highest BCUT2D eigenvalue weighted by Crippen LogP contribution is 2.39. The van der Waals surface area contributed by atoms with Crippen LogP contribution in [0.1, 0.15) is 6.92 Å². The van der Waals surface area contributed by atoms with E-state index >= 15 is 0 Å². The molecule has 1 aromatic rings. The van der Waals surface area contributed by atoms with Gasteiger partial charge >= 0.3 is 5.97 Å². The Labute approximate surface area is 111 Å². The Kier molecular flexibility index (Phi) is 3.40. The molecule has 0 saturated carbocycles. The van der Waals surface area contributed by atoms with E-state index in [9.17, 15) is 10.1 Å². The Bertz CT molecular complexity index is 558. The van der Waals surface area contributed by atoms with Gasteiger partial charge in [-0.1, -0.05) is 12.1 Å². The maximum atomic E-state index is 11.8. The first-order valence-corrected chi connectivity index (χ1v) is 5.80. The molecule has 0 spiro atoms. The van der Waals surface area contributed by atoms with Gasteiger partial charge < -0.3 is 9.64 Å². The minimum absolute atomic E-state index is 0.108. The molecule has 0 fully saturated rings. The Hall–Kier alpha value is -2.52. The number of nitrogens with two attached hydrogens (primary N) is 1. The van der Waals surface area contributed by atoms with Crippen molar-refractivity contribution in [1.82, 2.24) is 0 Å². The lowest BCUT2D eigenvalue weighted by molar-refractivity contribution is -0.138. The van der Waals surface area contributed by atoms with Crippen molar-refractivity contribution in [3.05, 3.63) is 35.7 Å². The fraction of sp³-hybridized carbons (Fsp3) is 0.231. The van der Waals surface area contributed by atoms with E-state index in [2.05, 4.69) is 0 Å². The maximum absolute atomic E-state index is 11.8. The van der Waals surface area contributed by atoms with Crippen LogP contribution in [0, 0.1) is 11.3 Å². The number of ether oxygens (including phenoxy) is 1. The molecule has 6 heteroatoms. The summed E-state index contributed by atoms with van der Waals surface area (Å²) < 4.78 is 4.87. The van der Waals surface area contributed by atoms with Gasteiger partial charge in [0, 0.05) is 7.05 Å². The topological polar surface area (TPSA) is 82.6 Å². The predicted octanol–water partition coefficient (Wildman–Crippen LogP) is 1.11. The van der Waals surface area contributed by atoms with Crippen LogP contribution in [-0.4, -0.2) is 19.6 Å². The lowest BCUT2D eigenvalue weighted by Crippen LogP contribution is -2.34. The number of nitriles is 1. The highest BCUT2D eigenvalue weighted by atomic mass is 16.5. The average molecular weight is 258 g/mol. The van der Waals surface area contributed by atoms with Crippen molar-refractivity contribution in [1.29, 1.82) is 5.26 Å². The Balaban J connectivity index is 2.53. The van der Waals surface area contributed by atoms with Crippen molar-refractivity contribution < 1.29 is 9.53 Å². The molecule has 1 aromatic carbocycles. The van der Waals surface area contributed by atoms with Gasteiger partial charge in [0.05, 0.1) is 18.0 Å². The standard InChI is InChI=1S/C13H14N4O2/c1-3-19-13(18)9(8-14)12-16(2)10-6-4-5-7-11(10)17(12)15/h4-7H,3,15H2,1-2H3. The average Bonchev–Trinajstić information content (AvgIpc) is 2.66. The third kappa shape index (κ3) is 2.00. The van der Waals surface area contributed by atoms with Crippen molar-refractivity contribution >= 4 is 17.3 Å². The second-order valence-corrected chi connectivity index (χ2v) is 3.95. The number of nitrogens with zero attached hydrogens (tertiary/aromatic N) is 3. The van der Waals surface area contributed by atoms with Crippen LogP contribution in [0.3, 0.4) is 0 Å². The van der Waals surface area contributed by atoms with Gasteiger partial charge in [-0.15, -0.1) is 0 Å². The van der Waals surface area contributed by atoms with Gasteiger partial charge in [-0.3, -0.25) is 5.01 Å². The fourth-order valence-corrected chi connectivity index (χ4v) is 2.02. The molecule has 1 aliphatic rings. The van der Waals surface area contributed by atoms with E-state index in [1.54, 1.807) is 18.9 Å². The molecule has 0 aromatic heterocycles. The summed E-state index contributed by atoms with van der Waals surface area (Å²) in [5.74, 6) is 5.62. The number of carbonyl (C=O) groups excluding carboxylic acids is 1. The van der Waals surface area contributed by atoms with E-state index < -0.39 is 5.97 Å². The zero-order chi connectivity index (χ0) is 14.0. The first kappa shape index (κ1) is 12.9. The number of carbonyl (C=O) groups is 1. The Morgan fingerprint density at radius 3 is 2.58 bits per heavy atom. The first-order valence-electron chi connectivity index (χ1n) is 5.80. The number of anilines is 2. The summed E-state index contributed by atoms with van der Waals surface area (Å²) in [6.07, 6.45) is 0. The second kappa shape index (κ2) is 5.00. The van der Waals surface area contributed by atoms with Gasteiger partial charge in [-0.2, -0.15) is 5.26 Å². The van der Waals surface area contributed by atoms with Crippen LogP contribution in [0.2, 0.25) is 0 Å². The summed E-state index contributed by atoms with van der Waals surface area (Å²) in [6, 6.07) is 9.25. The van der Waals surface area contributed by atoms with E-state index in [0.29, 0.717) is 5.82 Å². The minimum atomic E-state index is -0.671. The van der Waals surface area contributed by atoms with E-state index in [0.717, 1.165) is 11.4 Å². The molecule has 2 N–H and O–H groups in total. The predicted molar refractivity (Wildman–Crippen MR) is 70.8 cm³/mol. The normalized spacial score (nSPS) is 15.9. The molecule has 0 atom stereocenters. The number of hydrogen-bond acceptors (Lipinski definition) is 6. The molecule has 0 bridgehead atoms. The van der Waals surface area contributed by atoms with Crippen molar-refractivity contribution in [3.63, 3.8) is 0 Å². The Morgan fingerprint density at radius 2 is 2.05 bits per heavy atom. The molecule has 1 heterocycles. The smallest absolute Gasteiger partial charge is 0.352 e. The highest BCUT2D eigenvalue weighted by molar-refractivity contribution is 5.97. The van der Waals surface area contributed by atoms with Gasteiger partial charge in [0.15, 0.2) is 11.4 Å². The van der Waals surface area contributed by atoms with Crippen LogP contribution in [0.25, 0.3) is 0 Å². The molecule has 0 aliphatic carbocycles. The minimum Gasteiger partial charge on any atom is -0.462 e. The molecule has 19 heavy (non-hydrogen) atoms. The van der Waals surface area contributed by atoms with Gasteiger partial charge in [-0.25, -0.2) is 10.6 Å². The molecule has 98 valence electrons. The number of hydrazine groups is 1. The van der Waals surface area contributed by atoms with Crippen LogP contribution in [-0.2, 0) is 9.53 Å². The van der Waals surface area contributed by atoms with Gasteiger partial charge in [-0.05, 0) is 19.1 Å². The molecular weight excluding hydrogens is 244 g/mol. The first-order chi connectivity index (χ1) is 9.11. The molecular formula is C13H14N4O2. The largest absolute Gasteiger partial charge is 0.462 e. The van der Waals surface area contributed by atoms with Crippen molar-refractivity contribution in [2.24, 2.45) is 5.84 Å². The van der Waals surface area contributed by atoms with Crippen LogP contribution >= 0.6 is 0 Å². The van der Waals surface area contributed by atoms with Crippen LogP contribution in [0.15, 0.2) is 35.7 Å². The van der Waals surface area contributed by atoms with Crippen LogP contribution < -0.4 is 15.8 Å². The molecule has 0 radical (unpaired) electrons. The third-order valence-corrected chi connectivity index (χ3v) is 2.86.